The van der Waals surface area contributed by atoms with Gasteiger partial charge in [-0.1, -0.05) is 22.0 Å². The first-order valence-corrected chi connectivity index (χ1v) is 9.43. The van der Waals surface area contributed by atoms with Gasteiger partial charge in [-0.05, 0) is 25.1 Å². The Labute approximate surface area is 139 Å². The predicted octanol–water partition coefficient (Wildman–Crippen LogP) is 0.938. The maximum atomic E-state index is 12.1. The number of hydrogen-bond donors (Lipinski definition) is 2. The molecule has 2 rings (SSSR count). The molecule has 2 N–H and O–H groups in total. The van der Waals surface area contributed by atoms with Gasteiger partial charge in [0, 0.05) is 43.1 Å². The number of rotatable bonds is 5. The van der Waals surface area contributed by atoms with E-state index in [1.165, 1.54) is 12.1 Å². The van der Waals surface area contributed by atoms with Crippen LogP contribution in [0.4, 0.5) is 0 Å². The summed E-state index contributed by atoms with van der Waals surface area (Å²) in [5, 5.41) is 3.22. The van der Waals surface area contributed by atoms with E-state index in [-0.39, 0.29) is 29.8 Å². The third-order valence-corrected chi connectivity index (χ3v) is 5.51. The Balaban J connectivity index is 1.88. The van der Waals surface area contributed by atoms with E-state index < -0.39 is 10.0 Å². The van der Waals surface area contributed by atoms with Gasteiger partial charge in [0.1, 0.15) is 0 Å². The smallest absolute Gasteiger partial charge is 0.240 e. The van der Waals surface area contributed by atoms with Gasteiger partial charge in [0.25, 0.3) is 0 Å². The van der Waals surface area contributed by atoms with Crippen LogP contribution in [0.3, 0.4) is 0 Å². The maximum Gasteiger partial charge on any atom is 0.240 e. The lowest BCUT2D eigenvalue weighted by molar-refractivity contribution is -0.133. The zero-order valence-corrected chi connectivity index (χ0v) is 14.8. The highest BCUT2D eigenvalue weighted by molar-refractivity contribution is 9.10. The fourth-order valence-corrected chi connectivity index (χ4v) is 3.99. The van der Waals surface area contributed by atoms with Gasteiger partial charge in [-0.25, -0.2) is 13.1 Å². The first-order valence-electron chi connectivity index (χ1n) is 7.15. The summed E-state index contributed by atoms with van der Waals surface area (Å²) in [6.07, 6.45) is 0.164. The number of carbonyl (C=O) groups excluding carboxylic acids is 1. The molecule has 0 bridgehead atoms. The first-order chi connectivity index (χ1) is 10.4. The van der Waals surface area contributed by atoms with E-state index in [9.17, 15) is 13.2 Å². The molecule has 0 aromatic heterocycles. The highest BCUT2D eigenvalue weighted by atomic mass is 79.9. The number of halogens is 1. The van der Waals surface area contributed by atoms with Crippen molar-refractivity contribution in [3.63, 3.8) is 0 Å². The highest BCUT2D eigenvalue weighted by Gasteiger charge is 2.23. The van der Waals surface area contributed by atoms with Crippen molar-refractivity contribution in [1.82, 2.24) is 14.9 Å². The molecule has 1 atom stereocenters. The van der Waals surface area contributed by atoms with Crippen molar-refractivity contribution in [2.24, 2.45) is 0 Å². The molecule has 1 heterocycles. The van der Waals surface area contributed by atoms with E-state index >= 15 is 0 Å². The lowest BCUT2D eigenvalue weighted by Crippen LogP contribution is -2.52. The van der Waals surface area contributed by atoms with Crippen molar-refractivity contribution in [3.8, 4) is 0 Å². The Hall–Kier alpha value is -0.960. The Bertz CT molecular complexity index is 636. The van der Waals surface area contributed by atoms with Crippen LogP contribution in [0.15, 0.2) is 33.6 Å². The van der Waals surface area contributed by atoms with Crippen molar-refractivity contribution in [2.75, 3.05) is 26.2 Å². The fraction of sp³-hybridized carbons (Fsp3) is 0.500. The molecule has 0 radical (unpaired) electrons. The van der Waals surface area contributed by atoms with Crippen LogP contribution in [-0.2, 0) is 14.8 Å². The molecule has 8 heteroatoms. The van der Waals surface area contributed by atoms with Gasteiger partial charge >= 0.3 is 0 Å². The Morgan fingerprint density at radius 3 is 2.95 bits per heavy atom. The van der Waals surface area contributed by atoms with E-state index in [2.05, 4.69) is 26.0 Å². The SMILES string of the molecule is CC1CNCCN1C(=O)CCNS(=O)(=O)c1cccc(Br)c1. The number of amides is 1. The van der Waals surface area contributed by atoms with Gasteiger partial charge in [-0.3, -0.25) is 4.79 Å². The number of nitrogens with zero attached hydrogens (tertiary/aromatic N) is 1. The summed E-state index contributed by atoms with van der Waals surface area (Å²) in [5.74, 6) is -0.0223. The van der Waals surface area contributed by atoms with Crippen LogP contribution in [0.5, 0.6) is 0 Å². The van der Waals surface area contributed by atoms with Gasteiger partial charge in [0.15, 0.2) is 0 Å². The van der Waals surface area contributed by atoms with Gasteiger partial charge in [-0.15, -0.1) is 0 Å². The third kappa shape index (κ3) is 4.52. The quantitative estimate of drug-likeness (QED) is 0.785. The number of nitrogens with one attached hydrogen (secondary N) is 2. The average Bonchev–Trinajstić information content (AvgIpc) is 2.47. The van der Waals surface area contributed by atoms with Gasteiger partial charge < -0.3 is 10.2 Å². The molecule has 1 saturated heterocycles. The molecule has 1 aliphatic heterocycles. The average molecular weight is 390 g/mol. The van der Waals surface area contributed by atoms with Crippen molar-refractivity contribution in [2.45, 2.75) is 24.3 Å². The molecule has 1 aromatic rings. The second-order valence-corrected chi connectivity index (χ2v) is 7.93. The zero-order chi connectivity index (χ0) is 16.2. The second kappa shape index (κ2) is 7.54. The molecule has 122 valence electrons. The van der Waals surface area contributed by atoms with Crippen molar-refractivity contribution < 1.29 is 13.2 Å². The predicted molar refractivity (Wildman–Crippen MR) is 88.0 cm³/mol. The number of piperazine rings is 1. The van der Waals surface area contributed by atoms with Crippen LogP contribution in [0.2, 0.25) is 0 Å². The minimum Gasteiger partial charge on any atom is -0.337 e. The van der Waals surface area contributed by atoms with E-state index in [0.29, 0.717) is 11.0 Å². The van der Waals surface area contributed by atoms with Gasteiger partial charge in [0.2, 0.25) is 15.9 Å². The lowest BCUT2D eigenvalue weighted by Gasteiger charge is -2.34. The summed E-state index contributed by atoms with van der Waals surface area (Å²) in [6, 6.07) is 6.61. The molecule has 1 aliphatic rings. The molecule has 0 spiro atoms. The minimum atomic E-state index is -3.59. The summed E-state index contributed by atoms with van der Waals surface area (Å²) < 4.78 is 27.5. The molecule has 0 aliphatic carbocycles. The highest BCUT2D eigenvalue weighted by Crippen LogP contribution is 2.15. The fourth-order valence-electron chi connectivity index (χ4n) is 2.36. The second-order valence-electron chi connectivity index (χ2n) is 5.25. The van der Waals surface area contributed by atoms with Crippen LogP contribution >= 0.6 is 15.9 Å². The molecular formula is C14H20BrN3O3S. The van der Waals surface area contributed by atoms with Crippen LogP contribution in [0.25, 0.3) is 0 Å². The Morgan fingerprint density at radius 1 is 1.50 bits per heavy atom. The lowest BCUT2D eigenvalue weighted by atomic mass is 10.2. The summed E-state index contributed by atoms with van der Waals surface area (Å²) >= 11 is 3.25. The molecule has 1 fully saturated rings. The van der Waals surface area contributed by atoms with Gasteiger partial charge in [-0.2, -0.15) is 0 Å². The Kier molecular flexibility index (Phi) is 5.96. The van der Waals surface area contributed by atoms with Gasteiger partial charge in [0.05, 0.1) is 4.90 Å². The summed E-state index contributed by atoms with van der Waals surface area (Å²) in [5.41, 5.74) is 0. The standard InChI is InChI=1S/C14H20BrN3O3S/c1-11-10-16-7-8-18(11)14(19)5-6-17-22(20,21)13-4-2-3-12(15)9-13/h2-4,9,11,16-17H,5-8,10H2,1H3. The molecule has 1 amide bonds. The monoisotopic (exact) mass is 389 g/mol. The van der Waals surface area contributed by atoms with Crippen molar-refractivity contribution in [1.29, 1.82) is 0 Å². The summed E-state index contributed by atoms with van der Waals surface area (Å²) in [4.78, 5) is 14.1. The molecule has 1 unspecified atom stereocenters. The van der Waals surface area contributed by atoms with E-state index in [1.807, 2.05) is 6.92 Å². The molecule has 0 saturated carbocycles. The van der Waals surface area contributed by atoms with E-state index in [4.69, 9.17) is 0 Å². The first kappa shape index (κ1) is 17.4. The summed E-state index contributed by atoms with van der Waals surface area (Å²) in [7, 11) is -3.59. The van der Waals surface area contributed by atoms with Crippen LogP contribution in [0.1, 0.15) is 13.3 Å². The molecule has 22 heavy (non-hydrogen) atoms. The maximum absolute atomic E-state index is 12.1. The van der Waals surface area contributed by atoms with E-state index in [1.54, 1.807) is 17.0 Å². The molecule has 6 nitrogen and oxygen atoms in total. The number of hydrogen-bond acceptors (Lipinski definition) is 4. The third-order valence-electron chi connectivity index (χ3n) is 3.56. The van der Waals surface area contributed by atoms with Crippen molar-refractivity contribution in [3.05, 3.63) is 28.7 Å². The topological polar surface area (TPSA) is 78.5 Å². The van der Waals surface area contributed by atoms with Crippen LogP contribution in [0, 0.1) is 0 Å². The van der Waals surface area contributed by atoms with E-state index in [0.717, 1.165) is 13.1 Å². The molecular weight excluding hydrogens is 370 g/mol. The number of benzene rings is 1. The largest absolute Gasteiger partial charge is 0.337 e. The normalized spacial score (nSPS) is 19.2. The van der Waals surface area contributed by atoms with Crippen molar-refractivity contribution >= 4 is 31.9 Å². The molecule has 1 aromatic carbocycles. The van der Waals surface area contributed by atoms with Crippen LogP contribution < -0.4 is 10.0 Å². The van der Waals surface area contributed by atoms with Crippen LogP contribution in [-0.4, -0.2) is 51.4 Å². The minimum absolute atomic E-state index is 0.0223. The Morgan fingerprint density at radius 2 is 2.27 bits per heavy atom. The summed E-state index contributed by atoms with van der Waals surface area (Å²) in [6.45, 7) is 4.30. The number of sulfonamides is 1. The number of carbonyl (C=O) groups is 1. The zero-order valence-electron chi connectivity index (χ0n) is 12.4.